The fourth-order valence-corrected chi connectivity index (χ4v) is 4.75. The Morgan fingerprint density at radius 3 is 2.50 bits per heavy atom. The molecule has 2 unspecified atom stereocenters. The Balaban J connectivity index is 1.81. The summed E-state index contributed by atoms with van der Waals surface area (Å²) in [6, 6.07) is 0. The molecule has 0 aromatic heterocycles. The van der Waals surface area contributed by atoms with E-state index in [1.54, 1.807) is 21.6 Å². The van der Waals surface area contributed by atoms with Gasteiger partial charge in [0.25, 0.3) is 0 Å². The first kappa shape index (κ1) is 16.2. The highest BCUT2D eigenvalue weighted by atomic mass is 33.1. The number of hydrogen-bond acceptors (Lipinski definition) is 4. The lowest BCUT2D eigenvalue weighted by atomic mass is 9.99. The van der Waals surface area contributed by atoms with Crippen LogP contribution in [0.1, 0.15) is 26.7 Å². The summed E-state index contributed by atoms with van der Waals surface area (Å²) in [4.78, 5) is 0. The predicted molar refractivity (Wildman–Crippen MR) is 102 cm³/mol. The SMILES string of the molecule is CC1=CCC(C(=S)SSC(=S)C2=CCC(C)C=C2)C=C1. The van der Waals surface area contributed by atoms with Gasteiger partial charge in [-0.05, 0) is 52.8 Å². The van der Waals surface area contributed by atoms with E-state index in [0.717, 1.165) is 21.2 Å². The van der Waals surface area contributed by atoms with Crippen LogP contribution in [0.15, 0.2) is 47.6 Å². The highest BCUT2D eigenvalue weighted by molar-refractivity contribution is 8.89. The van der Waals surface area contributed by atoms with E-state index in [2.05, 4.69) is 50.3 Å². The fraction of sp³-hybridized carbons (Fsp3) is 0.375. The van der Waals surface area contributed by atoms with Gasteiger partial charge in [0, 0.05) is 5.92 Å². The van der Waals surface area contributed by atoms with Crippen molar-refractivity contribution in [2.24, 2.45) is 11.8 Å². The molecule has 2 aliphatic rings. The van der Waals surface area contributed by atoms with Gasteiger partial charge in [0.1, 0.15) is 0 Å². The van der Waals surface area contributed by atoms with Crippen LogP contribution < -0.4 is 0 Å². The average molecular weight is 339 g/mol. The molecule has 2 atom stereocenters. The second kappa shape index (κ2) is 7.74. The van der Waals surface area contributed by atoms with E-state index in [4.69, 9.17) is 24.4 Å². The van der Waals surface area contributed by atoms with Crippen molar-refractivity contribution < 1.29 is 0 Å². The van der Waals surface area contributed by atoms with Gasteiger partial charge in [-0.2, -0.15) is 0 Å². The van der Waals surface area contributed by atoms with Gasteiger partial charge in [-0.25, -0.2) is 0 Å². The van der Waals surface area contributed by atoms with Crippen LogP contribution >= 0.6 is 46.0 Å². The van der Waals surface area contributed by atoms with Gasteiger partial charge in [-0.15, -0.1) is 0 Å². The van der Waals surface area contributed by atoms with E-state index >= 15 is 0 Å². The normalized spacial score (nSPS) is 25.1. The zero-order valence-electron chi connectivity index (χ0n) is 11.7. The lowest BCUT2D eigenvalue weighted by molar-refractivity contribution is 0.734. The van der Waals surface area contributed by atoms with E-state index in [1.165, 1.54) is 11.1 Å². The number of rotatable bonds is 2. The minimum atomic E-state index is 0.366. The van der Waals surface area contributed by atoms with Crippen LogP contribution in [0.4, 0.5) is 0 Å². The standard InChI is InChI=1S/C16H18S4/c1-11-3-7-13(8-4-11)15(17)19-20-16(18)14-9-5-12(2)6-10-14/h3-5,7,9-10,12-13H,6,8H2,1-2H3. The monoisotopic (exact) mass is 338 g/mol. The van der Waals surface area contributed by atoms with Gasteiger partial charge in [0.2, 0.25) is 0 Å². The van der Waals surface area contributed by atoms with Crippen molar-refractivity contribution >= 4 is 54.4 Å². The molecule has 2 aliphatic carbocycles. The summed E-state index contributed by atoms with van der Waals surface area (Å²) in [5.41, 5.74) is 2.50. The quantitative estimate of drug-likeness (QED) is 0.442. The maximum Gasteiger partial charge on any atom is 0.0885 e. The number of allylic oxidation sites excluding steroid dienone is 7. The molecule has 0 radical (unpaired) electrons. The Morgan fingerprint density at radius 2 is 1.90 bits per heavy atom. The summed E-state index contributed by atoms with van der Waals surface area (Å²) < 4.78 is 1.96. The van der Waals surface area contributed by atoms with E-state index in [1.807, 2.05) is 0 Å². The highest BCUT2D eigenvalue weighted by Gasteiger charge is 2.16. The van der Waals surface area contributed by atoms with Crippen LogP contribution in [-0.4, -0.2) is 8.39 Å². The maximum absolute atomic E-state index is 5.52. The molecule has 0 saturated carbocycles. The first-order chi connectivity index (χ1) is 9.56. The third-order valence-electron chi connectivity index (χ3n) is 3.34. The molecule has 4 heteroatoms. The van der Waals surface area contributed by atoms with Crippen LogP contribution in [0, 0.1) is 11.8 Å². The van der Waals surface area contributed by atoms with Crippen molar-refractivity contribution in [3.8, 4) is 0 Å². The number of thiocarbonyl (C=S) groups is 2. The van der Waals surface area contributed by atoms with Crippen molar-refractivity contribution in [3.63, 3.8) is 0 Å². The summed E-state index contributed by atoms with van der Waals surface area (Å²) >= 11 is 11.0. The van der Waals surface area contributed by atoms with Crippen molar-refractivity contribution in [1.82, 2.24) is 0 Å². The van der Waals surface area contributed by atoms with Crippen molar-refractivity contribution in [1.29, 1.82) is 0 Å². The van der Waals surface area contributed by atoms with Gasteiger partial charge in [-0.1, -0.05) is 73.4 Å². The third-order valence-corrected chi connectivity index (χ3v) is 7.23. The highest BCUT2D eigenvalue weighted by Crippen LogP contribution is 2.35. The van der Waals surface area contributed by atoms with Gasteiger partial charge in [0.15, 0.2) is 0 Å². The van der Waals surface area contributed by atoms with E-state index in [0.29, 0.717) is 11.8 Å². The lowest BCUT2D eigenvalue weighted by Gasteiger charge is -2.16. The molecular formula is C16H18S4. The molecule has 0 heterocycles. The third kappa shape index (κ3) is 4.69. The smallest absolute Gasteiger partial charge is 0.0807 e. The minimum Gasteiger partial charge on any atom is -0.0807 e. The molecule has 0 N–H and O–H groups in total. The molecule has 0 bridgehead atoms. The molecule has 2 rings (SSSR count). The first-order valence-electron chi connectivity index (χ1n) is 6.72. The Morgan fingerprint density at radius 1 is 1.10 bits per heavy atom. The lowest BCUT2D eigenvalue weighted by Crippen LogP contribution is -2.07. The summed E-state index contributed by atoms with van der Waals surface area (Å²) in [7, 11) is 3.26. The molecule has 0 nitrogen and oxygen atoms in total. The Labute approximate surface area is 140 Å². The van der Waals surface area contributed by atoms with E-state index < -0.39 is 0 Å². The molecule has 0 saturated heterocycles. The summed E-state index contributed by atoms with van der Waals surface area (Å²) in [5.74, 6) is 0.993. The van der Waals surface area contributed by atoms with Crippen LogP contribution in [0.25, 0.3) is 0 Å². The second-order valence-corrected chi connectivity index (χ2v) is 8.70. The topological polar surface area (TPSA) is 0 Å². The van der Waals surface area contributed by atoms with Crippen LogP contribution in [-0.2, 0) is 0 Å². The molecule has 20 heavy (non-hydrogen) atoms. The largest absolute Gasteiger partial charge is 0.0885 e. The zero-order chi connectivity index (χ0) is 14.5. The summed E-state index contributed by atoms with van der Waals surface area (Å²) in [6.45, 7) is 4.34. The molecule has 0 aromatic rings. The Bertz CT molecular complexity index is 523. The molecule has 0 aromatic carbocycles. The Kier molecular flexibility index (Phi) is 6.27. The molecule has 0 amide bonds. The second-order valence-electron chi connectivity index (χ2n) is 5.15. The maximum atomic E-state index is 5.52. The zero-order valence-corrected chi connectivity index (χ0v) is 14.9. The van der Waals surface area contributed by atoms with E-state index in [-0.39, 0.29) is 0 Å². The Hall–Kier alpha value is -0.160. The average Bonchev–Trinajstić information content (AvgIpc) is 2.46. The van der Waals surface area contributed by atoms with Crippen LogP contribution in [0.5, 0.6) is 0 Å². The molecule has 0 spiro atoms. The van der Waals surface area contributed by atoms with Gasteiger partial charge in [-0.3, -0.25) is 0 Å². The minimum absolute atomic E-state index is 0.366. The van der Waals surface area contributed by atoms with E-state index in [9.17, 15) is 0 Å². The van der Waals surface area contributed by atoms with Crippen LogP contribution in [0.3, 0.4) is 0 Å². The van der Waals surface area contributed by atoms with Gasteiger partial charge in [0.05, 0.1) is 8.39 Å². The van der Waals surface area contributed by atoms with Gasteiger partial charge >= 0.3 is 0 Å². The molecule has 106 valence electrons. The molecular weight excluding hydrogens is 320 g/mol. The summed E-state index contributed by atoms with van der Waals surface area (Å²) in [6.07, 6.45) is 15.3. The fourth-order valence-electron chi connectivity index (χ4n) is 1.97. The van der Waals surface area contributed by atoms with Crippen molar-refractivity contribution in [2.75, 3.05) is 0 Å². The van der Waals surface area contributed by atoms with Crippen molar-refractivity contribution in [2.45, 2.75) is 26.7 Å². The number of hydrogen-bond donors (Lipinski definition) is 0. The van der Waals surface area contributed by atoms with Crippen molar-refractivity contribution in [3.05, 3.63) is 47.6 Å². The van der Waals surface area contributed by atoms with Gasteiger partial charge < -0.3 is 0 Å². The molecule has 0 fully saturated rings. The van der Waals surface area contributed by atoms with Crippen LogP contribution in [0.2, 0.25) is 0 Å². The predicted octanol–water partition coefficient (Wildman–Crippen LogP) is 6.07. The molecule has 0 aliphatic heterocycles. The summed E-state index contributed by atoms with van der Waals surface area (Å²) in [5, 5.41) is 0. The first-order valence-corrected chi connectivity index (χ1v) is 9.69.